The Morgan fingerprint density at radius 2 is 1.70 bits per heavy atom. The van der Waals surface area contributed by atoms with Gasteiger partial charge >= 0.3 is 18.1 Å². The van der Waals surface area contributed by atoms with E-state index in [1.165, 1.54) is 0 Å². The molecule has 2 atom stereocenters. The van der Waals surface area contributed by atoms with Gasteiger partial charge in [0.05, 0.1) is 5.56 Å². The lowest BCUT2D eigenvalue weighted by atomic mass is 9.79. The van der Waals surface area contributed by atoms with Crippen molar-refractivity contribution in [2.45, 2.75) is 23.3 Å². The molecule has 0 aliphatic rings. The molecule has 0 heterocycles. The van der Waals surface area contributed by atoms with Crippen molar-refractivity contribution in [3.05, 3.63) is 35.4 Å². The summed E-state index contributed by atoms with van der Waals surface area (Å²) in [6, 6.07) is 3.63. The van der Waals surface area contributed by atoms with Gasteiger partial charge in [0.1, 0.15) is 10.2 Å². The van der Waals surface area contributed by atoms with E-state index in [1.807, 2.05) is 0 Å². The molecule has 1 aromatic carbocycles. The fourth-order valence-corrected chi connectivity index (χ4v) is 2.10. The summed E-state index contributed by atoms with van der Waals surface area (Å²) in [6.45, 7) is 1.05. The Kier molecular flexibility index (Phi) is 4.48. The standard InChI is InChI=1S/C12H10BrF3O4/c1-11(10(19)20,8(13)9(17)18)6-3-2-4-7(5-6)12(14,15)16/h2-5,8H,1H3,(H,17,18)(H,19,20). The van der Waals surface area contributed by atoms with Crippen molar-refractivity contribution in [1.82, 2.24) is 0 Å². The lowest BCUT2D eigenvalue weighted by Crippen LogP contribution is -2.45. The van der Waals surface area contributed by atoms with E-state index < -0.39 is 33.9 Å². The maximum atomic E-state index is 12.6. The maximum absolute atomic E-state index is 12.6. The number of carboxylic acid groups (broad SMARTS) is 2. The summed E-state index contributed by atoms with van der Waals surface area (Å²) >= 11 is 2.72. The molecule has 110 valence electrons. The van der Waals surface area contributed by atoms with Gasteiger partial charge in [-0.05, 0) is 18.6 Å². The Balaban J connectivity index is 3.44. The maximum Gasteiger partial charge on any atom is 0.416 e. The van der Waals surface area contributed by atoms with E-state index in [9.17, 15) is 27.9 Å². The molecular weight excluding hydrogens is 345 g/mol. The number of carbonyl (C=O) groups is 2. The molecule has 0 saturated heterocycles. The number of hydrogen-bond acceptors (Lipinski definition) is 2. The van der Waals surface area contributed by atoms with E-state index in [0.717, 1.165) is 25.1 Å². The molecule has 0 fully saturated rings. The Morgan fingerprint density at radius 3 is 2.10 bits per heavy atom. The van der Waals surface area contributed by atoms with Crippen LogP contribution in [0.3, 0.4) is 0 Å². The van der Waals surface area contributed by atoms with Crippen molar-refractivity contribution in [2.75, 3.05) is 0 Å². The van der Waals surface area contributed by atoms with Crippen molar-refractivity contribution in [1.29, 1.82) is 0 Å². The summed E-state index contributed by atoms with van der Waals surface area (Å²) < 4.78 is 37.9. The number of rotatable bonds is 4. The first-order chi connectivity index (χ1) is 9.01. The summed E-state index contributed by atoms with van der Waals surface area (Å²) in [5.74, 6) is -3.02. The SMILES string of the molecule is CC(C(=O)O)(c1cccc(C(F)(F)F)c1)C(Br)C(=O)O. The van der Waals surface area contributed by atoms with Crippen molar-refractivity contribution >= 4 is 27.9 Å². The molecule has 8 heteroatoms. The second kappa shape index (κ2) is 5.43. The van der Waals surface area contributed by atoms with Crippen LogP contribution in [0.5, 0.6) is 0 Å². The van der Waals surface area contributed by atoms with Gasteiger partial charge in [-0.3, -0.25) is 9.59 Å². The monoisotopic (exact) mass is 354 g/mol. The van der Waals surface area contributed by atoms with Crippen molar-refractivity contribution in [3.63, 3.8) is 0 Å². The van der Waals surface area contributed by atoms with Crippen LogP contribution in [0.1, 0.15) is 18.1 Å². The van der Waals surface area contributed by atoms with Crippen LogP contribution < -0.4 is 0 Å². The number of hydrogen-bond donors (Lipinski definition) is 2. The molecule has 2 N–H and O–H groups in total. The number of alkyl halides is 4. The molecule has 1 rings (SSSR count). The summed E-state index contributed by atoms with van der Waals surface area (Å²) in [5.41, 5.74) is -3.32. The number of aliphatic carboxylic acids is 2. The largest absolute Gasteiger partial charge is 0.481 e. The van der Waals surface area contributed by atoms with Crippen molar-refractivity contribution in [2.24, 2.45) is 0 Å². The highest BCUT2D eigenvalue weighted by atomic mass is 79.9. The first-order valence-corrected chi connectivity index (χ1v) is 6.21. The van der Waals surface area contributed by atoms with Gasteiger partial charge in [-0.15, -0.1) is 0 Å². The molecule has 0 aliphatic heterocycles. The molecule has 4 nitrogen and oxygen atoms in total. The van der Waals surface area contributed by atoms with Crippen LogP contribution >= 0.6 is 15.9 Å². The molecule has 0 aliphatic carbocycles. The Bertz CT molecular complexity index is 544. The Labute approximate surface area is 120 Å². The molecule has 2 unspecified atom stereocenters. The lowest BCUT2D eigenvalue weighted by Gasteiger charge is -2.28. The predicted octanol–water partition coefficient (Wildman–Crippen LogP) is 2.90. The van der Waals surface area contributed by atoms with E-state index >= 15 is 0 Å². The normalized spacial score (nSPS) is 16.2. The van der Waals surface area contributed by atoms with Gasteiger partial charge in [0.2, 0.25) is 0 Å². The average Bonchev–Trinajstić information content (AvgIpc) is 2.35. The van der Waals surface area contributed by atoms with E-state index in [2.05, 4.69) is 15.9 Å². The van der Waals surface area contributed by atoms with Crippen LogP contribution in [-0.4, -0.2) is 27.0 Å². The number of halogens is 4. The van der Waals surface area contributed by atoms with E-state index in [4.69, 9.17) is 5.11 Å². The van der Waals surface area contributed by atoms with E-state index in [1.54, 1.807) is 0 Å². The van der Waals surface area contributed by atoms with Crippen LogP contribution in [0.4, 0.5) is 13.2 Å². The van der Waals surface area contributed by atoms with E-state index in [-0.39, 0.29) is 5.56 Å². The highest BCUT2D eigenvalue weighted by Gasteiger charge is 2.46. The van der Waals surface area contributed by atoms with Crippen LogP contribution in [0, 0.1) is 0 Å². The fourth-order valence-electron chi connectivity index (χ4n) is 1.64. The minimum atomic E-state index is -4.64. The molecule has 0 aromatic heterocycles. The molecule has 0 saturated carbocycles. The van der Waals surface area contributed by atoms with Crippen molar-refractivity contribution in [3.8, 4) is 0 Å². The fraction of sp³-hybridized carbons (Fsp3) is 0.333. The molecule has 1 aromatic rings. The first kappa shape index (κ1) is 16.5. The first-order valence-electron chi connectivity index (χ1n) is 5.29. The second-order valence-electron chi connectivity index (χ2n) is 4.29. The quantitative estimate of drug-likeness (QED) is 0.815. The van der Waals surface area contributed by atoms with Crippen LogP contribution in [-0.2, 0) is 21.2 Å². The van der Waals surface area contributed by atoms with Gasteiger partial charge < -0.3 is 10.2 Å². The summed E-state index contributed by atoms with van der Waals surface area (Å²) in [5, 5.41) is 18.1. The van der Waals surface area contributed by atoms with Gasteiger partial charge in [-0.2, -0.15) is 13.2 Å². The van der Waals surface area contributed by atoms with Crippen molar-refractivity contribution < 1.29 is 33.0 Å². The minimum Gasteiger partial charge on any atom is -0.481 e. The smallest absolute Gasteiger partial charge is 0.416 e. The van der Waals surface area contributed by atoms with Gasteiger partial charge in [-0.1, -0.05) is 34.1 Å². The molecule has 0 amide bonds. The number of carboxylic acids is 2. The third kappa shape index (κ3) is 2.95. The van der Waals surface area contributed by atoms with E-state index in [0.29, 0.717) is 6.07 Å². The Morgan fingerprint density at radius 1 is 1.20 bits per heavy atom. The topological polar surface area (TPSA) is 74.6 Å². The van der Waals surface area contributed by atoms with Crippen LogP contribution in [0.25, 0.3) is 0 Å². The molecular formula is C12H10BrF3O4. The molecule has 20 heavy (non-hydrogen) atoms. The molecule has 0 radical (unpaired) electrons. The van der Waals surface area contributed by atoms with Gasteiger partial charge in [-0.25, -0.2) is 0 Å². The highest BCUT2D eigenvalue weighted by Crippen LogP contribution is 2.37. The third-order valence-corrected chi connectivity index (χ3v) is 4.26. The summed E-state index contributed by atoms with van der Waals surface area (Å²) in [7, 11) is 0. The van der Waals surface area contributed by atoms with Crippen LogP contribution in [0.2, 0.25) is 0 Å². The predicted molar refractivity (Wildman–Crippen MR) is 66.8 cm³/mol. The number of benzene rings is 1. The zero-order valence-electron chi connectivity index (χ0n) is 10.1. The molecule has 0 bridgehead atoms. The van der Waals surface area contributed by atoms with Crippen LogP contribution in [0.15, 0.2) is 24.3 Å². The highest BCUT2D eigenvalue weighted by molar-refractivity contribution is 9.10. The average molecular weight is 355 g/mol. The second-order valence-corrected chi connectivity index (χ2v) is 5.20. The summed E-state index contributed by atoms with van der Waals surface area (Å²) in [6.07, 6.45) is -4.64. The summed E-state index contributed by atoms with van der Waals surface area (Å²) in [4.78, 5) is 20.8. The van der Waals surface area contributed by atoms with Gasteiger partial charge in [0.15, 0.2) is 0 Å². The third-order valence-electron chi connectivity index (χ3n) is 2.96. The van der Waals surface area contributed by atoms with Gasteiger partial charge in [0.25, 0.3) is 0 Å². The lowest BCUT2D eigenvalue weighted by molar-refractivity contribution is -0.149. The van der Waals surface area contributed by atoms with Gasteiger partial charge in [0, 0.05) is 0 Å². The zero-order valence-corrected chi connectivity index (χ0v) is 11.7. The Hall–Kier alpha value is -1.57. The molecule has 0 spiro atoms. The minimum absolute atomic E-state index is 0.246. The zero-order chi connectivity index (χ0) is 15.7.